The Hall–Kier alpha value is -0.860. The number of ether oxygens (including phenoxy) is 1. The van der Waals surface area contributed by atoms with Gasteiger partial charge in [-0.25, -0.2) is 0 Å². The number of rotatable bonds is 3. The highest BCUT2D eigenvalue weighted by atomic mass is 16.5. The van der Waals surface area contributed by atoms with Gasteiger partial charge in [0.05, 0.1) is 0 Å². The van der Waals surface area contributed by atoms with Crippen LogP contribution in [0.2, 0.25) is 0 Å². The maximum Gasteiger partial charge on any atom is 0.0492 e. The average Bonchev–Trinajstić information content (AvgIpc) is 2.35. The molecule has 0 saturated carbocycles. The van der Waals surface area contributed by atoms with E-state index in [4.69, 9.17) is 4.74 Å². The molecule has 1 N–H and O–H groups in total. The molecule has 0 spiro atoms. The van der Waals surface area contributed by atoms with Crippen molar-refractivity contribution < 1.29 is 9.84 Å². The lowest BCUT2D eigenvalue weighted by atomic mass is 9.74. The molecule has 0 radical (unpaired) electrons. The van der Waals surface area contributed by atoms with E-state index in [-0.39, 0.29) is 12.0 Å². The van der Waals surface area contributed by atoms with Gasteiger partial charge >= 0.3 is 0 Å². The van der Waals surface area contributed by atoms with Crippen LogP contribution in [-0.2, 0) is 11.2 Å². The van der Waals surface area contributed by atoms with E-state index in [1.807, 2.05) is 0 Å². The molecule has 2 nitrogen and oxygen atoms in total. The van der Waals surface area contributed by atoms with Crippen molar-refractivity contribution in [2.45, 2.75) is 40.0 Å². The summed E-state index contributed by atoms with van der Waals surface area (Å²) >= 11 is 0. The van der Waals surface area contributed by atoms with Crippen LogP contribution in [0.15, 0.2) is 12.1 Å². The minimum Gasteiger partial charge on any atom is -0.396 e. The molecule has 1 fully saturated rings. The molecule has 0 bridgehead atoms. The van der Waals surface area contributed by atoms with Crippen LogP contribution < -0.4 is 0 Å². The minimum atomic E-state index is 0.0308. The number of aliphatic hydroxyl groups excluding tert-OH is 1. The Morgan fingerprint density at radius 3 is 2.17 bits per heavy atom. The first-order valence-electron chi connectivity index (χ1n) is 6.82. The minimum absolute atomic E-state index is 0.0308. The molecule has 1 heterocycles. The molecule has 1 aliphatic rings. The highest BCUT2D eigenvalue weighted by Gasteiger charge is 2.32. The van der Waals surface area contributed by atoms with Gasteiger partial charge in [0, 0.05) is 25.2 Å². The van der Waals surface area contributed by atoms with Crippen molar-refractivity contribution in [3.63, 3.8) is 0 Å². The summed E-state index contributed by atoms with van der Waals surface area (Å²) in [4.78, 5) is 0. The third-order valence-electron chi connectivity index (χ3n) is 4.28. The Kier molecular flexibility index (Phi) is 4.08. The molecule has 2 heteroatoms. The first kappa shape index (κ1) is 13.6. The number of aryl methyl sites for hydroxylation is 3. The van der Waals surface area contributed by atoms with Gasteiger partial charge in [0.2, 0.25) is 0 Å². The largest absolute Gasteiger partial charge is 0.396 e. The molecule has 0 unspecified atom stereocenters. The Bertz CT molecular complexity index is 394. The highest BCUT2D eigenvalue weighted by molar-refractivity contribution is 5.38. The van der Waals surface area contributed by atoms with Crippen molar-refractivity contribution in [1.29, 1.82) is 0 Å². The monoisotopic (exact) mass is 248 g/mol. The standard InChI is InChI=1S/C16H24O2/c1-12-8-13(2)15(14(3)9-12)10-16(11-17)4-6-18-7-5-16/h8-9,17H,4-7,10-11H2,1-3H3. The Balaban J connectivity index is 2.27. The molecule has 2 rings (SSSR count). The zero-order valence-electron chi connectivity index (χ0n) is 11.8. The second-order valence-electron chi connectivity index (χ2n) is 5.82. The summed E-state index contributed by atoms with van der Waals surface area (Å²) in [5.74, 6) is 0. The highest BCUT2D eigenvalue weighted by Crippen LogP contribution is 2.35. The maximum absolute atomic E-state index is 9.78. The topological polar surface area (TPSA) is 29.5 Å². The molecule has 100 valence electrons. The number of aliphatic hydroxyl groups is 1. The van der Waals surface area contributed by atoms with Gasteiger partial charge in [-0.2, -0.15) is 0 Å². The zero-order valence-corrected chi connectivity index (χ0v) is 11.8. The van der Waals surface area contributed by atoms with Crippen molar-refractivity contribution in [2.75, 3.05) is 19.8 Å². The normalized spacial score (nSPS) is 18.9. The second kappa shape index (κ2) is 5.41. The average molecular weight is 248 g/mol. The Labute approximate surface area is 110 Å². The summed E-state index contributed by atoms with van der Waals surface area (Å²) in [6.45, 7) is 8.33. The van der Waals surface area contributed by atoms with E-state index in [0.29, 0.717) is 0 Å². The van der Waals surface area contributed by atoms with Crippen molar-refractivity contribution in [3.8, 4) is 0 Å². The lowest BCUT2D eigenvalue weighted by Gasteiger charge is -2.36. The molecule has 0 aromatic heterocycles. The first-order chi connectivity index (χ1) is 8.56. The molecule has 0 atom stereocenters. The van der Waals surface area contributed by atoms with Crippen LogP contribution in [0, 0.1) is 26.2 Å². The predicted octanol–water partition coefficient (Wildman–Crippen LogP) is 2.94. The number of hydrogen-bond donors (Lipinski definition) is 1. The van der Waals surface area contributed by atoms with Crippen LogP contribution in [0.4, 0.5) is 0 Å². The summed E-state index contributed by atoms with van der Waals surface area (Å²) in [7, 11) is 0. The van der Waals surface area contributed by atoms with E-state index in [1.54, 1.807) is 0 Å². The van der Waals surface area contributed by atoms with Crippen LogP contribution in [0.3, 0.4) is 0 Å². The summed E-state index contributed by atoms with van der Waals surface area (Å²) in [5, 5.41) is 9.78. The number of hydrogen-bond acceptors (Lipinski definition) is 2. The van der Waals surface area contributed by atoms with E-state index in [1.165, 1.54) is 22.3 Å². The van der Waals surface area contributed by atoms with Gasteiger partial charge in [-0.3, -0.25) is 0 Å². The molecule has 1 saturated heterocycles. The van der Waals surface area contributed by atoms with Crippen molar-refractivity contribution in [1.82, 2.24) is 0 Å². The second-order valence-corrected chi connectivity index (χ2v) is 5.82. The van der Waals surface area contributed by atoms with Crippen LogP contribution in [-0.4, -0.2) is 24.9 Å². The van der Waals surface area contributed by atoms with Crippen LogP contribution in [0.5, 0.6) is 0 Å². The maximum atomic E-state index is 9.78. The summed E-state index contributed by atoms with van der Waals surface area (Å²) < 4.78 is 5.43. The fourth-order valence-corrected chi connectivity index (χ4v) is 3.06. The van der Waals surface area contributed by atoms with E-state index in [2.05, 4.69) is 32.9 Å². The van der Waals surface area contributed by atoms with Gasteiger partial charge in [-0.1, -0.05) is 17.7 Å². The first-order valence-corrected chi connectivity index (χ1v) is 6.82. The zero-order chi connectivity index (χ0) is 13.2. The van der Waals surface area contributed by atoms with Crippen LogP contribution in [0.1, 0.15) is 35.1 Å². The molecule has 0 amide bonds. The van der Waals surface area contributed by atoms with E-state index in [0.717, 1.165) is 32.5 Å². The Morgan fingerprint density at radius 2 is 1.67 bits per heavy atom. The van der Waals surface area contributed by atoms with Crippen molar-refractivity contribution in [2.24, 2.45) is 5.41 Å². The van der Waals surface area contributed by atoms with Crippen molar-refractivity contribution >= 4 is 0 Å². The van der Waals surface area contributed by atoms with Gasteiger partial charge in [-0.15, -0.1) is 0 Å². The number of benzene rings is 1. The third-order valence-corrected chi connectivity index (χ3v) is 4.28. The summed E-state index contributed by atoms with van der Waals surface area (Å²) in [6, 6.07) is 4.49. The van der Waals surface area contributed by atoms with Gasteiger partial charge in [0.25, 0.3) is 0 Å². The molecular formula is C16H24O2. The fraction of sp³-hybridized carbons (Fsp3) is 0.625. The quantitative estimate of drug-likeness (QED) is 0.891. The smallest absolute Gasteiger partial charge is 0.0492 e. The van der Waals surface area contributed by atoms with Gasteiger partial charge in [0.1, 0.15) is 0 Å². The summed E-state index contributed by atoms with van der Waals surface area (Å²) in [6.07, 6.45) is 2.91. The fourth-order valence-electron chi connectivity index (χ4n) is 3.06. The SMILES string of the molecule is Cc1cc(C)c(CC2(CO)CCOCC2)c(C)c1. The molecule has 1 aliphatic heterocycles. The van der Waals surface area contributed by atoms with Gasteiger partial charge in [0.15, 0.2) is 0 Å². The summed E-state index contributed by atoms with van der Waals surface area (Å²) in [5.41, 5.74) is 5.47. The molecule has 0 aliphatic carbocycles. The van der Waals surface area contributed by atoms with Gasteiger partial charge in [-0.05, 0) is 56.7 Å². The van der Waals surface area contributed by atoms with Crippen molar-refractivity contribution in [3.05, 3.63) is 34.4 Å². The van der Waals surface area contributed by atoms with Crippen LogP contribution in [0.25, 0.3) is 0 Å². The third kappa shape index (κ3) is 2.76. The molecular weight excluding hydrogens is 224 g/mol. The molecule has 18 heavy (non-hydrogen) atoms. The van der Waals surface area contributed by atoms with E-state index in [9.17, 15) is 5.11 Å². The lowest BCUT2D eigenvalue weighted by molar-refractivity contribution is -0.0159. The predicted molar refractivity (Wildman–Crippen MR) is 73.9 cm³/mol. The van der Waals surface area contributed by atoms with Gasteiger partial charge < -0.3 is 9.84 Å². The molecule has 1 aromatic carbocycles. The van der Waals surface area contributed by atoms with Crippen LogP contribution >= 0.6 is 0 Å². The Morgan fingerprint density at radius 1 is 1.11 bits per heavy atom. The lowest BCUT2D eigenvalue weighted by Crippen LogP contribution is -2.35. The molecule has 1 aromatic rings. The van der Waals surface area contributed by atoms with E-state index < -0.39 is 0 Å². The van der Waals surface area contributed by atoms with E-state index >= 15 is 0 Å².